The van der Waals surface area contributed by atoms with Gasteiger partial charge in [0.2, 0.25) is 0 Å². The van der Waals surface area contributed by atoms with Gasteiger partial charge < -0.3 is 9.64 Å². The van der Waals surface area contributed by atoms with Gasteiger partial charge in [0.05, 0.1) is 19.8 Å². The zero-order valence-electron chi connectivity index (χ0n) is 18.0. The van der Waals surface area contributed by atoms with Gasteiger partial charge in [-0.2, -0.15) is 5.10 Å². The number of halogens is 1. The molecule has 2 aromatic carbocycles. The highest BCUT2D eigenvalue weighted by molar-refractivity contribution is 7.71. The molecule has 1 aliphatic heterocycles. The van der Waals surface area contributed by atoms with E-state index in [1.165, 1.54) is 0 Å². The quantitative estimate of drug-likeness (QED) is 0.495. The molecule has 0 saturated carbocycles. The second-order valence-corrected chi connectivity index (χ2v) is 8.43. The van der Waals surface area contributed by atoms with E-state index in [4.69, 9.17) is 33.7 Å². The van der Waals surface area contributed by atoms with Crippen molar-refractivity contribution in [3.63, 3.8) is 0 Å². The Balaban J connectivity index is 1.56. The second-order valence-electron chi connectivity index (χ2n) is 7.63. The summed E-state index contributed by atoms with van der Waals surface area (Å²) in [5, 5.41) is 5.55. The van der Waals surface area contributed by atoms with Crippen molar-refractivity contribution in [2.75, 3.05) is 32.8 Å². The number of hydrogen-bond acceptors (Lipinski definition) is 5. The molecule has 0 aliphatic carbocycles. The Labute approximate surface area is 197 Å². The van der Waals surface area contributed by atoms with Crippen molar-refractivity contribution in [2.24, 2.45) is 0 Å². The first-order valence-corrected chi connectivity index (χ1v) is 11.5. The second kappa shape index (κ2) is 10.3. The fourth-order valence-electron chi connectivity index (χ4n) is 3.73. The first-order valence-electron chi connectivity index (χ1n) is 10.7. The Hall–Kier alpha value is -2.68. The summed E-state index contributed by atoms with van der Waals surface area (Å²) in [4.78, 5) is 15.9. The summed E-state index contributed by atoms with van der Waals surface area (Å²) in [6, 6.07) is 17.9. The minimum Gasteiger partial charge on any atom is -0.450 e. The summed E-state index contributed by atoms with van der Waals surface area (Å²) in [6.07, 6.45) is -0.249. The van der Waals surface area contributed by atoms with Crippen molar-refractivity contribution in [1.82, 2.24) is 24.1 Å². The third-order valence-corrected chi connectivity index (χ3v) is 6.12. The molecule has 1 fully saturated rings. The van der Waals surface area contributed by atoms with Crippen molar-refractivity contribution in [1.29, 1.82) is 0 Å². The molecular formula is C23H26ClN5O2S. The molecule has 168 valence electrons. The van der Waals surface area contributed by atoms with Crippen molar-refractivity contribution in [3.8, 4) is 11.4 Å². The van der Waals surface area contributed by atoms with Crippen molar-refractivity contribution in [2.45, 2.75) is 20.1 Å². The van der Waals surface area contributed by atoms with Gasteiger partial charge in [-0.15, -0.1) is 0 Å². The minimum atomic E-state index is -0.249. The van der Waals surface area contributed by atoms with Crippen molar-refractivity contribution < 1.29 is 9.53 Å². The van der Waals surface area contributed by atoms with E-state index in [0.717, 1.165) is 30.0 Å². The zero-order chi connectivity index (χ0) is 22.5. The number of hydrogen-bond donors (Lipinski definition) is 0. The largest absolute Gasteiger partial charge is 0.450 e. The van der Waals surface area contributed by atoms with Crippen LogP contribution in [0.3, 0.4) is 0 Å². The fraction of sp³-hybridized carbons (Fsp3) is 0.348. The normalized spacial score (nSPS) is 14.5. The number of benzene rings is 2. The van der Waals surface area contributed by atoms with E-state index in [2.05, 4.69) is 21.6 Å². The van der Waals surface area contributed by atoms with Gasteiger partial charge in [-0.3, -0.25) is 9.47 Å². The smallest absolute Gasteiger partial charge is 0.409 e. The molecule has 0 radical (unpaired) electrons. The molecule has 1 saturated heterocycles. The monoisotopic (exact) mass is 471 g/mol. The SMILES string of the molecule is CCOC(=O)N1CCN(Cn2nc(-c3ccc(Cl)cc3)n(Cc3ccccc3)c2=S)CC1. The van der Waals surface area contributed by atoms with E-state index in [1.54, 1.807) is 4.90 Å². The van der Waals surface area contributed by atoms with Crippen LogP contribution < -0.4 is 0 Å². The maximum Gasteiger partial charge on any atom is 0.409 e. The molecule has 0 atom stereocenters. The highest BCUT2D eigenvalue weighted by Gasteiger charge is 2.23. The maximum absolute atomic E-state index is 12.0. The van der Waals surface area contributed by atoms with Crippen LogP contribution >= 0.6 is 23.8 Å². The molecular weight excluding hydrogens is 446 g/mol. The average Bonchev–Trinajstić information content (AvgIpc) is 3.11. The van der Waals surface area contributed by atoms with Gasteiger partial charge >= 0.3 is 6.09 Å². The number of carbonyl (C=O) groups is 1. The van der Waals surface area contributed by atoms with Crippen LogP contribution in [0.4, 0.5) is 4.79 Å². The summed E-state index contributed by atoms with van der Waals surface area (Å²) in [6.45, 7) is 6.14. The first-order chi connectivity index (χ1) is 15.5. The Kier molecular flexibility index (Phi) is 7.24. The lowest BCUT2D eigenvalue weighted by Gasteiger charge is -2.33. The first kappa shape index (κ1) is 22.5. The van der Waals surface area contributed by atoms with E-state index >= 15 is 0 Å². The van der Waals surface area contributed by atoms with Gasteiger partial charge in [-0.25, -0.2) is 9.48 Å². The molecule has 1 aromatic heterocycles. The minimum absolute atomic E-state index is 0.249. The van der Waals surface area contributed by atoms with Gasteiger partial charge in [-0.05, 0) is 49.0 Å². The Morgan fingerprint density at radius 2 is 1.75 bits per heavy atom. The van der Waals surface area contributed by atoms with Crippen LogP contribution in [-0.2, 0) is 18.0 Å². The predicted octanol–water partition coefficient (Wildman–Crippen LogP) is 4.51. The molecule has 7 nitrogen and oxygen atoms in total. The van der Waals surface area contributed by atoms with Crippen LogP contribution in [0.1, 0.15) is 12.5 Å². The van der Waals surface area contributed by atoms with Gasteiger partial charge in [0, 0.05) is 36.8 Å². The molecule has 32 heavy (non-hydrogen) atoms. The highest BCUT2D eigenvalue weighted by Crippen LogP contribution is 2.22. The number of carbonyl (C=O) groups excluding carboxylic acids is 1. The molecule has 2 heterocycles. The Bertz CT molecular complexity index is 1110. The number of aromatic nitrogens is 3. The lowest BCUT2D eigenvalue weighted by molar-refractivity contribution is 0.0691. The number of piperazine rings is 1. The van der Waals surface area contributed by atoms with E-state index in [1.807, 2.05) is 54.1 Å². The fourth-order valence-corrected chi connectivity index (χ4v) is 4.11. The topological polar surface area (TPSA) is 55.5 Å². The molecule has 1 aliphatic rings. The summed E-state index contributed by atoms with van der Waals surface area (Å²) in [7, 11) is 0. The third kappa shape index (κ3) is 5.20. The Morgan fingerprint density at radius 1 is 1.06 bits per heavy atom. The van der Waals surface area contributed by atoms with Crippen LogP contribution in [0.15, 0.2) is 54.6 Å². The van der Waals surface area contributed by atoms with Crippen LogP contribution in [0, 0.1) is 4.77 Å². The molecule has 9 heteroatoms. The number of amides is 1. The van der Waals surface area contributed by atoms with E-state index in [0.29, 0.717) is 42.7 Å². The molecule has 4 rings (SSSR count). The zero-order valence-corrected chi connectivity index (χ0v) is 19.6. The van der Waals surface area contributed by atoms with Crippen LogP contribution in [-0.4, -0.2) is 63.0 Å². The molecule has 1 amide bonds. The molecule has 0 bridgehead atoms. The van der Waals surface area contributed by atoms with Crippen LogP contribution in [0.25, 0.3) is 11.4 Å². The van der Waals surface area contributed by atoms with Crippen LogP contribution in [0.5, 0.6) is 0 Å². The predicted molar refractivity (Wildman–Crippen MR) is 127 cm³/mol. The lowest BCUT2D eigenvalue weighted by Crippen LogP contribution is -2.49. The Morgan fingerprint density at radius 3 is 2.41 bits per heavy atom. The summed E-state index contributed by atoms with van der Waals surface area (Å²) >= 11 is 11.9. The standard InChI is InChI=1S/C23H26ClN5O2S/c1-2-31-23(30)27-14-12-26(13-15-27)17-29-22(32)28(16-18-6-4-3-5-7-18)21(25-29)19-8-10-20(24)11-9-19/h3-11H,2,12-17H2,1H3. The van der Waals surface area contributed by atoms with Gasteiger partial charge in [0.1, 0.15) is 0 Å². The van der Waals surface area contributed by atoms with Crippen LogP contribution in [0.2, 0.25) is 5.02 Å². The van der Waals surface area contributed by atoms with E-state index in [-0.39, 0.29) is 6.09 Å². The summed E-state index contributed by atoms with van der Waals surface area (Å²) in [5.74, 6) is 0.806. The average molecular weight is 472 g/mol. The van der Waals surface area contributed by atoms with E-state index < -0.39 is 0 Å². The highest BCUT2D eigenvalue weighted by atomic mass is 35.5. The van der Waals surface area contributed by atoms with Gasteiger partial charge in [0.25, 0.3) is 0 Å². The third-order valence-electron chi connectivity index (χ3n) is 5.44. The van der Waals surface area contributed by atoms with E-state index in [9.17, 15) is 4.79 Å². The van der Waals surface area contributed by atoms with Crippen molar-refractivity contribution >= 4 is 29.9 Å². The molecule has 0 unspecified atom stereocenters. The summed E-state index contributed by atoms with van der Waals surface area (Å²) < 4.78 is 9.69. The maximum atomic E-state index is 12.0. The molecule has 0 spiro atoms. The van der Waals surface area contributed by atoms with Gasteiger partial charge in [-0.1, -0.05) is 41.9 Å². The number of nitrogens with zero attached hydrogens (tertiary/aromatic N) is 5. The summed E-state index contributed by atoms with van der Waals surface area (Å²) in [5.41, 5.74) is 2.11. The van der Waals surface area contributed by atoms with Crippen molar-refractivity contribution in [3.05, 3.63) is 70.0 Å². The number of rotatable bonds is 6. The number of ether oxygens (including phenoxy) is 1. The molecule has 0 N–H and O–H groups in total. The lowest BCUT2D eigenvalue weighted by atomic mass is 10.2. The van der Waals surface area contributed by atoms with Gasteiger partial charge in [0.15, 0.2) is 10.6 Å². The molecule has 3 aromatic rings.